The highest BCUT2D eigenvalue weighted by Gasteiger charge is 2.16. The number of benzene rings is 2. The molecule has 4 rings (SSSR count). The maximum atomic E-state index is 13.7. The highest BCUT2D eigenvalue weighted by atomic mass is 32.2. The molecule has 0 radical (unpaired) electrons. The Labute approximate surface area is 153 Å². The van der Waals surface area contributed by atoms with Crippen molar-refractivity contribution < 1.29 is 4.39 Å². The van der Waals surface area contributed by atoms with Crippen LogP contribution in [0.15, 0.2) is 77.7 Å². The van der Waals surface area contributed by atoms with E-state index in [9.17, 15) is 4.39 Å². The third kappa shape index (κ3) is 3.09. The average Bonchev–Trinajstić information content (AvgIpc) is 3.06. The summed E-state index contributed by atoms with van der Waals surface area (Å²) in [6, 6.07) is 14.3. The molecule has 0 aliphatic carbocycles. The van der Waals surface area contributed by atoms with E-state index in [-0.39, 0.29) is 5.82 Å². The largest absolute Gasteiger partial charge is 0.298 e. The SMILES string of the molecule is C=CCn1c(Sc2ncnc3ccc(F)cc23)nnc1-c1ccccc1. The molecule has 4 aromatic rings. The topological polar surface area (TPSA) is 56.5 Å². The maximum absolute atomic E-state index is 13.7. The molecule has 0 N–H and O–H groups in total. The van der Waals surface area contributed by atoms with Gasteiger partial charge >= 0.3 is 0 Å². The molecular formula is C19H14FN5S. The average molecular weight is 363 g/mol. The summed E-state index contributed by atoms with van der Waals surface area (Å²) >= 11 is 1.33. The molecule has 0 saturated carbocycles. The summed E-state index contributed by atoms with van der Waals surface area (Å²) in [5.74, 6) is 0.421. The van der Waals surface area contributed by atoms with E-state index in [0.29, 0.717) is 27.6 Å². The van der Waals surface area contributed by atoms with Crippen LogP contribution >= 0.6 is 11.8 Å². The van der Waals surface area contributed by atoms with Crippen molar-refractivity contribution in [3.63, 3.8) is 0 Å². The van der Waals surface area contributed by atoms with Crippen molar-refractivity contribution in [2.24, 2.45) is 0 Å². The van der Waals surface area contributed by atoms with Gasteiger partial charge in [0.15, 0.2) is 11.0 Å². The summed E-state index contributed by atoms with van der Waals surface area (Å²) in [7, 11) is 0. The van der Waals surface area contributed by atoms with Gasteiger partial charge in [-0.3, -0.25) is 4.57 Å². The maximum Gasteiger partial charge on any atom is 0.198 e. The van der Waals surface area contributed by atoms with Gasteiger partial charge in [0.2, 0.25) is 0 Å². The van der Waals surface area contributed by atoms with Gasteiger partial charge in [-0.2, -0.15) is 0 Å². The Morgan fingerprint density at radius 3 is 2.73 bits per heavy atom. The predicted molar refractivity (Wildman–Crippen MR) is 99.3 cm³/mol. The Bertz CT molecular complexity index is 1080. The first-order chi connectivity index (χ1) is 12.8. The molecule has 0 bridgehead atoms. The number of fused-ring (bicyclic) bond motifs is 1. The van der Waals surface area contributed by atoms with E-state index in [1.54, 1.807) is 12.1 Å². The van der Waals surface area contributed by atoms with E-state index >= 15 is 0 Å². The summed E-state index contributed by atoms with van der Waals surface area (Å²) in [6.07, 6.45) is 3.26. The Morgan fingerprint density at radius 2 is 1.92 bits per heavy atom. The minimum Gasteiger partial charge on any atom is -0.298 e. The lowest BCUT2D eigenvalue weighted by Gasteiger charge is -2.08. The van der Waals surface area contributed by atoms with E-state index < -0.39 is 0 Å². The summed E-state index contributed by atoms with van der Waals surface area (Å²) in [4.78, 5) is 8.49. The Hall–Kier alpha value is -3.06. The van der Waals surface area contributed by atoms with E-state index in [1.165, 1.54) is 30.2 Å². The number of hydrogen-bond donors (Lipinski definition) is 0. The number of nitrogens with zero attached hydrogens (tertiary/aromatic N) is 5. The number of allylic oxidation sites excluding steroid dienone is 1. The van der Waals surface area contributed by atoms with Crippen molar-refractivity contribution in [2.75, 3.05) is 0 Å². The van der Waals surface area contributed by atoms with Crippen LogP contribution in [0.25, 0.3) is 22.3 Å². The zero-order valence-electron chi connectivity index (χ0n) is 13.7. The zero-order valence-corrected chi connectivity index (χ0v) is 14.5. The Morgan fingerprint density at radius 1 is 1.08 bits per heavy atom. The molecule has 0 amide bonds. The van der Waals surface area contributed by atoms with E-state index in [1.807, 2.05) is 34.9 Å². The van der Waals surface area contributed by atoms with Gasteiger partial charge in [-0.25, -0.2) is 14.4 Å². The molecule has 2 aromatic carbocycles. The van der Waals surface area contributed by atoms with E-state index in [4.69, 9.17) is 0 Å². The van der Waals surface area contributed by atoms with Crippen molar-refractivity contribution in [1.29, 1.82) is 0 Å². The molecule has 0 aliphatic rings. The quantitative estimate of drug-likeness (QED) is 0.389. The van der Waals surface area contributed by atoms with Crippen LogP contribution in [0.3, 0.4) is 0 Å². The molecule has 0 spiro atoms. The third-order valence-electron chi connectivity index (χ3n) is 3.81. The number of rotatable bonds is 5. The van der Waals surface area contributed by atoms with Crippen LogP contribution in [0.2, 0.25) is 0 Å². The molecule has 0 saturated heterocycles. The van der Waals surface area contributed by atoms with Crippen LogP contribution in [-0.4, -0.2) is 24.7 Å². The lowest BCUT2D eigenvalue weighted by molar-refractivity contribution is 0.629. The van der Waals surface area contributed by atoms with Crippen LogP contribution < -0.4 is 0 Å². The normalized spacial score (nSPS) is 11.0. The first kappa shape index (κ1) is 16.4. The van der Waals surface area contributed by atoms with Crippen molar-refractivity contribution in [3.05, 3.63) is 73.3 Å². The number of aromatic nitrogens is 5. The molecule has 0 aliphatic heterocycles. The fourth-order valence-corrected chi connectivity index (χ4v) is 3.53. The van der Waals surface area contributed by atoms with Crippen molar-refractivity contribution in [2.45, 2.75) is 16.7 Å². The van der Waals surface area contributed by atoms with E-state index in [0.717, 1.165) is 11.4 Å². The van der Waals surface area contributed by atoms with E-state index in [2.05, 4.69) is 26.7 Å². The summed E-state index contributed by atoms with van der Waals surface area (Å²) in [6.45, 7) is 4.37. The molecule has 2 heterocycles. The predicted octanol–water partition coefficient (Wildman–Crippen LogP) is 4.36. The smallest absolute Gasteiger partial charge is 0.198 e. The van der Waals surface area contributed by atoms with Gasteiger partial charge in [0.25, 0.3) is 0 Å². The van der Waals surface area contributed by atoms with Crippen LogP contribution in [0.4, 0.5) is 4.39 Å². The van der Waals surface area contributed by atoms with Gasteiger partial charge < -0.3 is 0 Å². The fraction of sp³-hybridized carbons (Fsp3) is 0.0526. The molecule has 26 heavy (non-hydrogen) atoms. The van der Waals surface area contributed by atoms with Crippen LogP contribution in [0.1, 0.15) is 0 Å². The Kier molecular flexibility index (Phi) is 4.45. The summed E-state index contributed by atoms with van der Waals surface area (Å²) < 4.78 is 15.6. The highest BCUT2D eigenvalue weighted by molar-refractivity contribution is 7.99. The van der Waals surface area contributed by atoms with Crippen molar-refractivity contribution in [1.82, 2.24) is 24.7 Å². The minimum absolute atomic E-state index is 0.327. The van der Waals surface area contributed by atoms with Crippen molar-refractivity contribution in [3.8, 4) is 11.4 Å². The third-order valence-corrected chi connectivity index (χ3v) is 4.81. The zero-order chi connectivity index (χ0) is 17.9. The van der Waals surface area contributed by atoms with Gasteiger partial charge in [0, 0.05) is 17.5 Å². The van der Waals surface area contributed by atoms with Gasteiger partial charge in [0.1, 0.15) is 17.2 Å². The molecule has 5 nitrogen and oxygen atoms in total. The number of hydrogen-bond acceptors (Lipinski definition) is 5. The standard InChI is InChI=1S/C19H14FN5S/c1-2-10-25-17(13-6-4-3-5-7-13)23-24-19(25)26-18-15-11-14(20)8-9-16(15)21-12-22-18/h2-9,11-12H,1,10H2. The van der Waals surface area contributed by atoms with Crippen LogP contribution in [0, 0.1) is 5.82 Å². The lowest BCUT2D eigenvalue weighted by atomic mass is 10.2. The second-order valence-corrected chi connectivity index (χ2v) is 6.47. The molecular weight excluding hydrogens is 349 g/mol. The first-order valence-corrected chi connectivity index (χ1v) is 8.75. The lowest BCUT2D eigenvalue weighted by Crippen LogP contribution is -2.01. The molecule has 128 valence electrons. The second-order valence-electron chi connectivity index (χ2n) is 5.51. The fourth-order valence-electron chi connectivity index (χ4n) is 2.63. The molecule has 7 heteroatoms. The Balaban J connectivity index is 1.79. The van der Waals surface area contributed by atoms with Crippen molar-refractivity contribution >= 4 is 22.7 Å². The second kappa shape index (κ2) is 7.05. The van der Waals surface area contributed by atoms with Gasteiger partial charge in [0.05, 0.1) is 5.52 Å². The van der Waals surface area contributed by atoms with Gasteiger partial charge in [-0.1, -0.05) is 36.4 Å². The summed E-state index contributed by atoms with van der Waals surface area (Å²) in [5.41, 5.74) is 1.65. The monoisotopic (exact) mass is 363 g/mol. The minimum atomic E-state index is -0.327. The molecule has 2 aromatic heterocycles. The van der Waals surface area contributed by atoms with Crippen LogP contribution in [0.5, 0.6) is 0 Å². The molecule has 0 atom stereocenters. The highest BCUT2D eigenvalue weighted by Crippen LogP contribution is 2.32. The first-order valence-electron chi connectivity index (χ1n) is 7.94. The summed E-state index contributed by atoms with van der Waals surface area (Å²) in [5, 5.41) is 10.6. The number of halogens is 1. The van der Waals surface area contributed by atoms with Gasteiger partial charge in [-0.05, 0) is 30.0 Å². The van der Waals surface area contributed by atoms with Crippen LogP contribution in [-0.2, 0) is 6.54 Å². The molecule has 0 fully saturated rings. The molecule has 0 unspecified atom stereocenters. The van der Waals surface area contributed by atoms with Gasteiger partial charge in [-0.15, -0.1) is 16.8 Å².